The van der Waals surface area contributed by atoms with Crippen molar-refractivity contribution in [2.45, 2.75) is 26.4 Å². The number of rotatable bonds is 1. The fourth-order valence-electron chi connectivity index (χ4n) is 1.20. The Bertz CT molecular complexity index is 504. The summed E-state index contributed by atoms with van der Waals surface area (Å²) in [6.07, 6.45) is -0.495. The zero-order chi connectivity index (χ0) is 14.5. The average molecular weight is 300 g/mol. The molecule has 0 saturated heterocycles. The predicted octanol–water partition coefficient (Wildman–Crippen LogP) is 3.87. The van der Waals surface area contributed by atoms with Gasteiger partial charge in [0.2, 0.25) is 0 Å². The number of carbonyl (C=O) groups is 1. The number of hydrogen-bond acceptors (Lipinski definition) is 2. The molecule has 0 unspecified atom stereocenters. The van der Waals surface area contributed by atoms with Crippen LogP contribution in [0, 0.1) is 11.8 Å². The van der Waals surface area contributed by atoms with Crippen molar-refractivity contribution in [2.75, 3.05) is 6.54 Å². The van der Waals surface area contributed by atoms with Gasteiger partial charge in [-0.05, 0) is 39.0 Å². The minimum Gasteiger partial charge on any atom is -0.444 e. The predicted molar refractivity (Wildman–Crippen MR) is 77.6 cm³/mol. The summed E-state index contributed by atoms with van der Waals surface area (Å²) in [7, 11) is 0. The van der Waals surface area contributed by atoms with Gasteiger partial charge in [-0.3, -0.25) is 0 Å². The van der Waals surface area contributed by atoms with Gasteiger partial charge in [-0.25, -0.2) is 4.79 Å². The Labute approximate surface area is 123 Å². The van der Waals surface area contributed by atoms with E-state index in [0.717, 1.165) is 0 Å². The number of ether oxygens (including phenoxy) is 1. The smallest absolute Gasteiger partial charge is 0.408 e. The number of carbonyl (C=O) groups excluding carboxylic acids is 1. The molecule has 0 atom stereocenters. The Morgan fingerprint density at radius 1 is 1.26 bits per heavy atom. The second-order valence-electron chi connectivity index (χ2n) is 4.82. The largest absolute Gasteiger partial charge is 0.444 e. The maximum atomic E-state index is 11.3. The van der Waals surface area contributed by atoms with E-state index < -0.39 is 11.7 Å². The van der Waals surface area contributed by atoms with Crippen LogP contribution in [0.5, 0.6) is 0 Å². The first kappa shape index (κ1) is 15.7. The lowest BCUT2D eigenvalue weighted by molar-refractivity contribution is 0.0535. The van der Waals surface area contributed by atoms with Crippen molar-refractivity contribution in [1.29, 1.82) is 0 Å². The van der Waals surface area contributed by atoms with Crippen molar-refractivity contribution >= 4 is 29.3 Å². The quantitative estimate of drug-likeness (QED) is 0.800. The summed E-state index contributed by atoms with van der Waals surface area (Å²) in [4.78, 5) is 11.3. The minimum absolute atomic E-state index is 0.193. The van der Waals surface area contributed by atoms with Crippen LogP contribution in [0.2, 0.25) is 10.0 Å². The van der Waals surface area contributed by atoms with Crippen LogP contribution in [0.1, 0.15) is 26.3 Å². The van der Waals surface area contributed by atoms with Gasteiger partial charge >= 0.3 is 6.09 Å². The summed E-state index contributed by atoms with van der Waals surface area (Å²) in [5, 5.41) is 3.59. The molecule has 102 valence electrons. The molecular formula is C14H15Cl2NO2. The molecule has 0 saturated carbocycles. The second-order valence-corrected chi connectivity index (χ2v) is 5.69. The van der Waals surface area contributed by atoms with Gasteiger partial charge in [0.05, 0.1) is 6.54 Å². The van der Waals surface area contributed by atoms with Gasteiger partial charge in [0, 0.05) is 15.6 Å². The van der Waals surface area contributed by atoms with Crippen LogP contribution in [-0.4, -0.2) is 18.2 Å². The zero-order valence-corrected chi connectivity index (χ0v) is 12.5. The Kier molecular flexibility index (Phi) is 5.53. The standard InChI is InChI=1S/C14H15Cl2NO2/c1-14(2,3)19-13(18)17-6-4-5-10-7-11(15)9-12(16)8-10/h7-9H,6H2,1-3H3,(H,17,18). The van der Waals surface area contributed by atoms with Crippen molar-refractivity contribution in [2.24, 2.45) is 0 Å². The van der Waals surface area contributed by atoms with Gasteiger partial charge in [0.25, 0.3) is 0 Å². The van der Waals surface area contributed by atoms with E-state index in [4.69, 9.17) is 27.9 Å². The van der Waals surface area contributed by atoms with E-state index in [1.165, 1.54) is 0 Å². The molecule has 3 nitrogen and oxygen atoms in total. The molecule has 0 aromatic heterocycles. The highest BCUT2D eigenvalue weighted by Gasteiger charge is 2.14. The van der Waals surface area contributed by atoms with Crippen LogP contribution < -0.4 is 5.32 Å². The van der Waals surface area contributed by atoms with Crippen molar-refractivity contribution in [3.05, 3.63) is 33.8 Å². The van der Waals surface area contributed by atoms with Gasteiger partial charge in [-0.2, -0.15) is 0 Å². The van der Waals surface area contributed by atoms with Gasteiger partial charge in [0.15, 0.2) is 0 Å². The molecule has 1 N–H and O–H groups in total. The maximum absolute atomic E-state index is 11.3. The molecule has 1 aromatic carbocycles. The Hall–Kier alpha value is -1.37. The lowest BCUT2D eigenvalue weighted by Crippen LogP contribution is -2.32. The van der Waals surface area contributed by atoms with E-state index in [1.54, 1.807) is 39.0 Å². The number of halogens is 2. The van der Waals surface area contributed by atoms with Gasteiger partial charge in [0.1, 0.15) is 5.60 Å². The lowest BCUT2D eigenvalue weighted by atomic mass is 10.2. The molecule has 0 fully saturated rings. The lowest BCUT2D eigenvalue weighted by Gasteiger charge is -2.18. The normalized spacial score (nSPS) is 10.4. The molecule has 0 radical (unpaired) electrons. The highest BCUT2D eigenvalue weighted by molar-refractivity contribution is 6.34. The summed E-state index contributed by atoms with van der Waals surface area (Å²) in [5.41, 5.74) is 0.182. The van der Waals surface area contributed by atoms with Crippen LogP contribution in [0.15, 0.2) is 18.2 Å². The number of alkyl carbamates (subject to hydrolysis) is 1. The average Bonchev–Trinajstić information content (AvgIpc) is 2.20. The van der Waals surface area contributed by atoms with Gasteiger partial charge < -0.3 is 10.1 Å². The SMILES string of the molecule is CC(C)(C)OC(=O)NCC#Cc1cc(Cl)cc(Cl)c1. The molecule has 0 bridgehead atoms. The van der Waals surface area contributed by atoms with Gasteiger partial charge in [-0.1, -0.05) is 35.0 Å². The molecule has 0 heterocycles. The van der Waals surface area contributed by atoms with Crippen LogP contribution >= 0.6 is 23.2 Å². The van der Waals surface area contributed by atoms with Crippen molar-refractivity contribution in [3.63, 3.8) is 0 Å². The summed E-state index contributed by atoms with van der Waals surface area (Å²) in [6, 6.07) is 5.04. The molecular weight excluding hydrogens is 285 g/mol. The first-order valence-corrected chi connectivity index (χ1v) is 6.44. The summed E-state index contributed by atoms with van der Waals surface area (Å²) in [6.45, 7) is 5.59. The Morgan fingerprint density at radius 2 is 1.84 bits per heavy atom. The van der Waals surface area contributed by atoms with Crippen LogP contribution in [0.25, 0.3) is 0 Å². The molecule has 1 rings (SSSR count). The maximum Gasteiger partial charge on any atom is 0.408 e. The topological polar surface area (TPSA) is 38.3 Å². The van der Waals surface area contributed by atoms with E-state index in [9.17, 15) is 4.79 Å². The zero-order valence-electron chi connectivity index (χ0n) is 11.0. The van der Waals surface area contributed by atoms with Crippen LogP contribution in [0.3, 0.4) is 0 Å². The Morgan fingerprint density at radius 3 is 2.37 bits per heavy atom. The molecule has 0 aliphatic rings. The monoisotopic (exact) mass is 299 g/mol. The van der Waals surface area contributed by atoms with Crippen molar-refractivity contribution < 1.29 is 9.53 Å². The summed E-state index contributed by atoms with van der Waals surface area (Å²) >= 11 is 11.7. The minimum atomic E-state index is -0.516. The molecule has 1 aromatic rings. The fraction of sp³-hybridized carbons (Fsp3) is 0.357. The van der Waals surface area contributed by atoms with Crippen molar-refractivity contribution in [3.8, 4) is 11.8 Å². The number of benzene rings is 1. The first-order valence-electron chi connectivity index (χ1n) is 5.68. The molecule has 0 aliphatic carbocycles. The van der Waals surface area contributed by atoms with E-state index in [2.05, 4.69) is 17.2 Å². The third-order valence-corrected chi connectivity index (χ3v) is 2.25. The summed E-state index contributed by atoms with van der Waals surface area (Å²) in [5.74, 6) is 5.65. The molecule has 0 spiro atoms. The molecule has 0 aliphatic heterocycles. The number of hydrogen-bond donors (Lipinski definition) is 1. The number of amides is 1. The van der Waals surface area contributed by atoms with Crippen LogP contribution in [-0.2, 0) is 4.74 Å². The second kappa shape index (κ2) is 6.70. The van der Waals surface area contributed by atoms with E-state index >= 15 is 0 Å². The van der Waals surface area contributed by atoms with E-state index in [-0.39, 0.29) is 6.54 Å². The van der Waals surface area contributed by atoms with Crippen molar-refractivity contribution in [1.82, 2.24) is 5.32 Å². The molecule has 5 heteroatoms. The van der Waals surface area contributed by atoms with E-state index in [0.29, 0.717) is 15.6 Å². The summed E-state index contributed by atoms with van der Waals surface area (Å²) < 4.78 is 5.07. The third-order valence-electron chi connectivity index (χ3n) is 1.82. The number of nitrogens with one attached hydrogen (secondary N) is 1. The van der Waals surface area contributed by atoms with Crippen LogP contribution in [0.4, 0.5) is 4.79 Å². The van der Waals surface area contributed by atoms with Gasteiger partial charge in [-0.15, -0.1) is 0 Å². The highest BCUT2D eigenvalue weighted by Crippen LogP contribution is 2.18. The highest BCUT2D eigenvalue weighted by atomic mass is 35.5. The molecule has 1 amide bonds. The molecule has 19 heavy (non-hydrogen) atoms. The fourth-order valence-corrected chi connectivity index (χ4v) is 1.73. The van der Waals surface area contributed by atoms with E-state index in [1.807, 2.05) is 0 Å². The Balaban J connectivity index is 2.50. The first-order chi connectivity index (χ1) is 8.76. The third kappa shape index (κ3) is 6.95.